The van der Waals surface area contributed by atoms with Crippen molar-refractivity contribution in [3.63, 3.8) is 0 Å². The van der Waals surface area contributed by atoms with Gasteiger partial charge >= 0.3 is 5.97 Å². The van der Waals surface area contributed by atoms with Crippen LogP contribution in [0.3, 0.4) is 0 Å². The summed E-state index contributed by atoms with van der Waals surface area (Å²) in [7, 11) is 0. The summed E-state index contributed by atoms with van der Waals surface area (Å²) in [4.78, 5) is 25.0. The Labute approximate surface area is 441 Å². The number of nitrogens with one attached hydrogen (secondary N) is 1. The van der Waals surface area contributed by atoms with Crippen molar-refractivity contribution in [2.45, 2.75) is 333 Å². The first-order valence-electron chi connectivity index (χ1n) is 30.6. The van der Waals surface area contributed by atoms with Gasteiger partial charge in [0, 0.05) is 12.8 Å². The predicted octanol–water partition coefficient (Wildman–Crippen LogP) is 14.1. The molecule has 1 amide bonds. The molecule has 1 aliphatic rings. The number of aliphatic hydroxyl groups is 5. The normalized spacial score (nSPS) is 19.1. The molecule has 424 valence electrons. The van der Waals surface area contributed by atoms with Crippen molar-refractivity contribution in [2.75, 3.05) is 19.8 Å². The Kier molecular flexibility index (Phi) is 48.5. The summed E-state index contributed by atoms with van der Waals surface area (Å²) in [6.45, 7) is 4.31. The zero-order valence-electron chi connectivity index (χ0n) is 46.7. The number of rotatable bonds is 53. The fraction of sp³-hybridized carbons (Fsp3) is 0.902. The van der Waals surface area contributed by atoms with Gasteiger partial charge in [0.25, 0.3) is 0 Å². The van der Waals surface area contributed by atoms with E-state index in [0.29, 0.717) is 19.4 Å². The van der Waals surface area contributed by atoms with E-state index in [1.807, 2.05) is 6.08 Å². The fourth-order valence-electron chi connectivity index (χ4n) is 9.69. The number of esters is 1. The van der Waals surface area contributed by atoms with Crippen LogP contribution in [0.25, 0.3) is 0 Å². The number of amides is 1. The van der Waals surface area contributed by atoms with Gasteiger partial charge in [-0.3, -0.25) is 9.59 Å². The van der Waals surface area contributed by atoms with Gasteiger partial charge in [-0.2, -0.15) is 0 Å². The largest absolute Gasteiger partial charge is 0.466 e. The predicted molar refractivity (Wildman–Crippen MR) is 297 cm³/mol. The van der Waals surface area contributed by atoms with Crippen LogP contribution in [0.2, 0.25) is 0 Å². The summed E-state index contributed by atoms with van der Waals surface area (Å²) >= 11 is 0. The van der Waals surface area contributed by atoms with Crippen LogP contribution in [-0.2, 0) is 23.8 Å². The lowest BCUT2D eigenvalue weighted by Gasteiger charge is -2.40. The van der Waals surface area contributed by atoms with Crippen LogP contribution in [-0.4, -0.2) is 100 Å². The Balaban J connectivity index is 2.03. The molecule has 0 aromatic heterocycles. The monoisotopic (exact) mass is 1020 g/mol. The second-order valence-corrected chi connectivity index (χ2v) is 21.4. The number of ether oxygens (including phenoxy) is 3. The maximum absolute atomic E-state index is 13.0. The van der Waals surface area contributed by atoms with E-state index >= 15 is 0 Å². The average Bonchev–Trinajstić information content (AvgIpc) is 3.38. The van der Waals surface area contributed by atoms with Gasteiger partial charge in [-0.1, -0.05) is 256 Å². The topological polar surface area (TPSA) is 175 Å². The Morgan fingerprint density at radius 2 is 0.903 bits per heavy atom. The lowest BCUT2D eigenvalue weighted by molar-refractivity contribution is -0.302. The highest BCUT2D eigenvalue weighted by Gasteiger charge is 2.44. The molecule has 0 aromatic rings. The smallest absolute Gasteiger partial charge is 0.305 e. The Morgan fingerprint density at radius 1 is 0.500 bits per heavy atom. The standard InChI is InChI=1S/C61H115NO10/c1-3-5-7-9-11-13-27-31-35-39-43-47-54(64)53(52-71-61-60(69)59(68)58(67)55(51-63)72-61)62-56(65)48-44-40-36-32-29-25-23-21-19-17-15-16-18-20-22-24-26-30-34-38-42-46-50-70-57(66)49-45-41-37-33-28-14-12-10-8-6-4-2/h27,31,43,47,53-55,58-61,63-64,67-69H,3-26,28-30,32-42,44-46,48-52H2,1-2H3,(H,62,65)/b31-27+,47-43+. The third kappa shape index (κ3) is 40.5. The molecule has 0 spiro atoms. The van der Waals surface area contributed by atoms with Crippen molar-refractivity contribution in [1.29, 1.82) is 0 Å². The lowest BCUT2D eigenvalue weighted by atomic mass is 9.99. The first kappa shape index (κ1) is 68.2. The van der Waals surface area contributed by atoms with Crippen molar-refractivity contribution in [3.05, 3.63) is 24.3 Å². The Hall–Kier alpha value is -1.86. The van der Waals surface area contributed by atoms with Gasteiger partial charge in [-0.25, -0.2) is 0 Å². The van der Waals surface area contributed by atoms with Crippen LogP contribution in [0.4, 0.5) is 0 Å². The summed E-state index contributed by atoms with van der Waals surface area (Å²) in [6, 6.07) is -0.826. The van der Waals surface area contributed by atoms with Crippen molar-refractivity contribution in [3.8, 4) is 0 Å². The van der Waals surface area contributed by atoms with E-state index in [1.54, 1.807) is 6.08 Å². The molecule has 7 atom stereocenters. The van der Waals surface area contributed by atoms with Crippen molar-refractivity contribution < 1.29 is 49.3 Å². The van der Waals surface area contributed by atoms with E-state index in [9.17, 15) is 35.1 Å². The van der Waals surface area contributed by atoms with Gasteiger partial charge in [0.15, 0.2) is 6.29 Å². The lowest BCUT2D eigenvalue weighted by Crippen LogP contribution is -2.60. The first-order valence-corrected chi connectivity index (χ1v) is 30.6. The van der Waals surface area contributed by atoms with E-state index in [4.69, 9.17) is 14.2 Å². The van der Waals surface area contributed by atoms with Crippen LogP contribution in [0.5, 0.6) is 0 Å². The molecule has 7 unspecified atom stereocenters. The quantitative estimate of drug-likeness (QED) is 0.0195. The third-order valence-electron chi connectivity index (χ3n) is 14.6. The molecule has 0 bridgehead atoms. The minimum atomic E-state index is -1.58. The number of carbonyl (C=O) groups is 2. The zero-order valence-corrected chi connectivity index (χ0v) is 46.7. The van der Waals surface area contributed by atoms with E-state index in [2.05, 4.69) is 31.3 Å². The Morgan fingerprint density at radius 3 is 1.38 bits per heavy atom. The molecule has 0 radical (unpaired) electrons. The summed E-state index contributed by atoms with van der Waals surface area (Å²) in [5.41, 5.74) is 0. The molecule has 1 aliphatic heterocycles. The fourth-order valence-corrected chi connectivity index (χ4v) is 9.69. The number of unbranched alkanes of at least 4 members (excludes halogenated alkanes) is 37. The summed E-state index contributed by atoms with van der Waals surface area (Å²) in [5.74, 6) is -0.192. The zero-order chi connectivity index (χ0) is 52.4. The van der Waals surface area contributed by atoms with E-state index < -0.39 is 49.5 Å². The van der Waals surface area contributed by atoms with Crippen LogP contribution < -0.4 is 5.32 Å². The van der Waals surface area contributed by atoms with Crippen LogP contribution in [0, 0.1) is 0 Å². The molecule has 1 rings (SSSR count). The third-order valence-corrected chi connectivity index (χ3v) is 14.6. The van der Waals surface area contributed by atoms with Gasteiger partial charge in [0.1, 0.15) is 24.4 Å². The number of aliphatic hydroxyl groups excluding tert-OH is 5. The van der Waals surface area contributed by atoms with Gasteiger partial charge in [0.2, 0.25) is 5.91 Å². The highest BCUT2D eigenvalue weighted by atomic mass is 16.7. The van der Waals surface area contributed by atoms with E-state index in [0.717, 1.165) is 57.8 Å². The van der Waals surface area contributed by atoms with E-state index in [-0.39, 0.29) is 18.5 Å². The molecule has 11 nitrogen and oxygen atoms in total. The molecule has 0 saturated carbocycles. The first-order chi connectivity index (χ1) is 35.2. The summed E-state index contributed by atoms with van der Waals surface area (Å²) < 4.78 is 16.7. The van der Waals surface area contributed by atoms with Gasteiger partial charge in [-0.15, -0.1) is 0 Å². The molecule has 6 N–H and O–H groups in total. The average molecular weight is 1020 g/mol. The molecule has 0 aromatic carbocycles. The van der Waals surface area contributed by atoms with E-state index in [1.165, 1.54) is 205 Å². The number of carbonyl (C=O) groups excluding carboxylic acids is 2. The van der Waals surface area contributed by atoms with Gasteiger partial charge in [-0.05, 0) is 44.9 Å². The molecule has 0 aliphatic carbocycles. The van der Waals surface area contributed by atoms with Crippen molar-refractivity contribution in [1.82, 2.24) is 5.32 Å². The molecular formula is C61H115NO10. The maximum atomic E-state index is 13.0. The van der Waals surface area contributed by atoms with Gasteiger partial charge in [0.05, 0.1) is 32.0 Å². The van der Waals surface area contributed by atoms with Crippen molar-refractivity contribution >= 4 is 11.9 Å². The minimum absolute atomic E-state index is 0.000171. The molecule has 1 saturated heterocycles. The SMILES string of the molecule is CCCCCCC/C=C/CC/C=C/C(O)C(COC1OC(CO)C(O)C(O)C1O)NC(=O)CCCCCCCCCCCCCCCCCCCCCCCCOC(=O)CCCCCCCCCCCCC. The summed E-state index contributed by atoms with van der Waals surface area (Å²) in [5, 5.41) is 54.3. The maximum Gasteiger partial charge on any atom is 0.305 e. The number of hydrogen-bond acceptors (Lipinski definition) is 10. The molecule has 11 heteroatoms. The van der Waals surface area contributed by atoms with Crippen LogP contribution in [0.1, 0.15) is 290 Å². The second kappa shape index (κ2) is 51.3. The van der Waals surface area contributed by atoms with Crippen molar-refractivity contribution in [2.24, 2.45) is 0 Å². The molecule has 1 heterocycles. The highest BCUT2D eigenvalue weighted by molar-refractivity contribution is 5.76. The highest BCUT2D eigenvalue weighted by Crippen LogP contribution is 2.23. The van der Waals surface area contributed by atoms with Crippen LogP contribution >= 0.6 is 0 Å². The second-order valence-electron chi connectivity index (χ2n) is 21.4. The molecule has 72 heavy (non-hydrogen) atoms. The number of hydrogen-bond donors (Lipinski definition) is 6. The van der Waals surface area contributed by atoms with Crippen LogP contribution in [0.15, 0.2) is 24.3 Å². The minimum Gasteiger partial charge on any atom is -0.466 e. The number of allylic oxidation sites excluding steroid dienone is 3. The molecule has 1 fully saturated rings. The molecular weight excluding hydrogens is 907 g/mol. The summed E-state index contributed by atoms with van der Waals surface area (Å²) in [6.07, 6.45) is 51.4. The van der Waals surface area contributed by atoms with Gasteiger partial charge < -0.3 is 45.1 Å². The Bertz CT molecular complexity index is 1250.